The minimum atomic E-state index is -0.338. The molecule has 5 heteroatoms. The maximum atomic E-state index is 5.89. The van der Waals surface area contributed by atoms with Crippen LogP contribution < -0.4 is 5.73 Å². The van der Waals surface area contributed by atoms with Crippen molar-refractivity contribution in [1.82, 2.24) is 4.98 Å². The first-order valence-electron chi connectivity index (χ1n) is 6.97. The molecule has 2 N–H and O–H groups in total. The Morgan fingerprint density at radius 3 is 2.25 bits per heavy atom. The van der Waals surface area contributed by atoms with Crippen LogP contribution in [0.3, 0.4) is 0 Å². The average Bonchev–Trinajstić information content (AvgIpc) is 2.56. The van der Waals surface area contributed by atoms with Gasteiger partial charge in [-0.05, 0) is 52.3 Å². The molecular formula is C15H23BN2O2. The summed E-state index contributed by atoms with van der Waals surface area (Å²) in [7, 11) is -0.338. The Balaban J connectivity index is 2.04. The molecule has 4 nitrogen and oxygen atoms in total. The van der Waals surface area contributed by atoms with Gasteiger partial charge >= 0.3 is 7.12 Å². The summed E-state index contributed by atoms with van der Waals surface area (Å²) in [5, 5.41) is 0. The lowest BCUT2D eigenvalue weighted by molar-refractivity contribution is 0.00578. The van der Waals surface area contributed by atoms with Gasteiger partial charge in [0.25, 0.3) is 0 Å². The molecule has 0 spiro atoms. The van der Waals surface area contributed by atoms with Gasteiger partial charge in [0.1, 0.15) is 0 Å². The molecule has 1 aliphatic rings. The molecule has 0 radical (unpaired) electrons. The predicted molar refractivity (Wildman–Crippen MR) is 82.0 cm³/mol. The molecule has 20 heavy (non-hydrogen) atoms. The van der Waals surface area contributed by atoms with E-state index < -0.39 is 0 Å². The topological polar surface area (TPSA) is 57.4 Å². The van der Waals surface area contributed by atoms with Crippen LogP contribution in [0.15, 0.2) is 24.3 Å². The van der Waals surface area contributed by atoms with Crippen LogP contribution in [0.25, 0.3) is 6.08 Å². The van der Waals surface area contributed by atoms with Crippen molar-refractivity contribution in [3.63, 3.8) is 0 Å². The van der Waals surface area contributed by atoms with Crippen molar-refractivity contribution >= 4 is 13.2 Å². The fourth-order valence-electron chi connectivity index (χ4n) is 1.93. The molecular weight excluding hydrogens is 251 g/mol. The Morgan fingerprint density at radius 1 is 1.20 bits per heavy atom. The van der Waals surface area contributed by atoms with Crippen molar-refractivity contribution in [3.8, 4) is 0 Å². The van der Waals surface area contributed by atoms with Crippen LogP contribution in [-0.2, 0) is 9.31 Å². The monoisotopic (exact) mass is 274 g/mol. The second-order valence-corrected chi connectivity index (χ2v) is 6.29. The van der Waals surface area contributed by atoms with Gasteiger partial charge in [-0.15, -0.1) is 0 Å². The number of nitrogens with zero attached hydrogens (tertiary/aromatic N) is 1. The van der Waals surface area contributed by atoms with Gasteiger partial charge in [-0.1, -0.05) is 12.0 Å². The maximum Gasteiger partial charge on any atom is 0.487 e. The molecule has 0 saturated carbocycles. The highest BCUT2D eigenvalue weighted by Gasteiger charge is 2.49. The Hall–Kier alpha value is -1.17. The zero-order chi connectivity index (χ0) is 15.0. The number of hydrogen-bond acceptors (Lipinski definition) is 4. The summed E-state index contributed by atoms with van der Waals surface area (Å²) in [6.45, 7) is 10.1. The Labute approximate surface area is 121 Å². The van der Waals surface area contributed by atoms with E-state index in [-0.39, 0.29) is 24.4 Å². The molecule has 1 aromatic rings. The second kappa shape index (κ2) is 5.32. The molecule has 0 amide bonds. The summed E-state index contributed by atoms with van der Waals surface area (Å²) >= 11 is 0. The number of pyridine rings is 1. The van der Waals surface area contributed by atoms with Crippen LogP contribution in [0.5, 0.6) is 0 Å². The third-order valence-corrected chi connectivity index (χ3v) is 4.03. The first-order chi connectivity index (χ1) is 9.21. The van der Waals surface area contributed by atoms with Crippen LogP contribution in [-0.4, -0.2) is 23.3 Å². The molecule has 108 valence electrons. The van der Waals surface area contributed by atoms with E-state index in [1.165, 1.54) is 0 Å². The smallest absolute Gasteiger partial charge is 0.400 e. The SMILES string of the molecule is C[C@@H](N)c1ccc(/C=C/B2OC(C)(C)C(C)(C)O2)nc1. The van der Waals surface area contributed by atoms with Crippen LogP contribution >= 0.6 is 0 Å². The fraction of sp³-hybridized carbons (Fsp3) is 0.533. The normalized spacial score (nSPS) is 22.4. The second-order valence-electron chi connectivity index (χ2n) is 6.29. The van der Waals surface area contributed by atoms with Gasteiger partial charge < -0.3 is 15.0 Å². The van der Waals surface area contributed by atoms with Crippen molar-refractivity contribution in [2.75, 3.05) is 0 Å². The van der Waals surface area contributed by atoms with Gasteiger partial charge in [0.05, 0.1) is 16.9 Å². The zero-order valence-electron chi connectivity index (χ0n) is 12.9. The van der Waals surface area contributed by atoms with Gasteiger partial charge in [-0.2, -0.15) is 0 Å². The fourth-order valence-corrected chi connectivity index (χ4v) is 1.93. The van der Waals surface area contributed by atoms with E-state index in [0.29, 0.717) is 0 Å². The minimum Gasteiger partial charge on any atom is -0.400 e. The van der Waals surface area contributed by atoms with Gasteiger partial charge in [0.2, 0.25) is 0 Å². The molecule has 1 aromatic heterocycles. The lowest BCUT2D eigenvalue weighted by atomic mass is 9.89. The van der Waals surface area contributed by atoms with Gasteiger partial charge in [0, 0.05) is 12.2 Å². The van der Waals surface area contributed by atoms with E-state index in [9.17, 15) is 0 Å². The summed E-state index contributed by atoms with van der Waals surface area (Å²) in [6, 6.07) is 3.94. The Kier molecular flexibility index (Phi) is 4.05. The van der Waals surface area contributed by atoms with Crippen molar-refractivity contribution in [2.45, 2.75) is 51.9 Å². The van der Waals surface area contributed by atoms with Crippen molar-refractivity contribution in [2.24, 2.45) is 5.73 Å². The Morgan fingerprint density at radius 2 is 1.80 bits per heavy atom. The van der Waals surface area contributed by atoms with Gasteiger partial charge in [-0.3, -0.25) is 4.98 Å². The summed E-state index contributed by atoms with van der Waals surface area (Å²) in [5.74, 6) is 1.89. The first kappa shape index (κ1) is 15.2. The quantitative estimate of drug-likeness (QED) is 0.861. The lowest BCUT2D eigenvalue weighted by Gasteiger charge is -2.32. The molecule has 1 atom stereocenters. The third kappa shape index (κ3) is 3.11. The summed E-state index contributed by atoms with van der Waals surface area (Å²) < 4.78 is 11.8. The van der Waals surface area contributed by atoms with Gasteiger partial charge in [0.15, 0.2) is 0 Å². The maximum absolute atomic E-state index is 5.89. The van der Waals surface area contributed by atoms with Crippen LogP contribution in [0.4, 0.5) is 0 Å². The molecule has 1 saturated heterocycles. The molecule has 0 bridgehead atoms. The van der Waals surface area contributed by atoms with E-state index in [4.69, 9.17) is 15.0 Å². The van der Waals surface area contributed by atoms with E-state index in [2.05, 4.69) is 4.98 Å². The summed E-state index contributed by atoms with van der Waals surface area (Å²) in [6.07, 6.45) is 3.71. The average molecular weight is 274 g/mol. The van der Waals surface area contributed by atoms with E-state index in [1.807, 2.05) is 58.8 Å². The van der Waals surface area contributed by atoms with Crippen LogP contribution in [0, 0.1) is 0 Å². The molecule has 1 fully saturated rings. The van der Waals surface area contributed by atoms with E-state index in [1.54, 1.807) is 6.20 Å². The highest BCUT2D eigenvalue weighted by molar-refractivity contribution is 6.52. The highest BCUT2D eigenvalue weighted by atomic mass is 16.7. The van der Waals surface area contributed by atoms with Crippen LogP contribution in [0.2, 0.25) is 0 Å². The molecule has 0 aliphatic carbocycles. The molecule has 1 aliphatic heterocycles. The summed E-state index contributed by atoms with van der Waals surface area (Å²) in [4.78, 5) is 4.36. The molecule has 0 unspecified atom stereocenters. The molecule has 2 heterocycles. The van der Waals surface area contributed by atoms with Crippen molar-refractivity contribution in [1.29, 1.82) is 0 Å². The van der Waals surface area contributed by atoms with E-state index >= 15 is 0 Å². The van der Waals surface area contributed by atoms with Crippen molar-refractivity contribution < 1.29 is 9.31 Å². The Bertz CT molecular complexity index is 479. The first-order valence-corrected chi connectivity index (χ1v) is 6.97. The van der Waals surface area contributed by atoms with Gasteiger partial charge in [-0.25, -0.2) is 0 Å². The van der Waals surface area contributed by atoms with Crippen molar-refractivity contribution in [3.05, 3.63) is 35.6 Å². The number of nitrogens with two attached hydrogens (primary N) is 1. The highest BCUT2D eigenvalue weighted by Crippen LogP contribution is 2.36. The predicted octanol–water partition coefficient (Wildman–Crippen LogP) is 2.75. The molecule has 2 rings (SSSR count). The number of hydrogen-bond donors (Lipinski definition) is 1. The summed E-state index contributed by atoms with van der Waals surface area (Å²) in [5.41, 5.74) is 7.07. The zero-order valence-corrected chi connectivity index (χ0v) is 12.9. The standard InChI is InChI=1S/C15H23BN2O2/c1-11(17)12-6-7-13(18-10-12)8-9-16-19-14(2,3)15(4,5)20-16/h6-11H,17H2,1-5H3/b9-8+/t11-/m1/s1. The minimum absolute atomic E-state index is 0.00336. The number of rotatable bonds is 3. The lowest BCUT2D eigenvalue weighted by Crippen LogP contribution is -2.41. The van der Waals surface area contributed by atoms with E-state index in [0.717, 1.165) is 11.3 Å². The number of aromatic nitrogens is 1. The third-order valence-electron chi connectivity index (χ3n) is 4.03. The largest absolute Gasteiger partial charge is 0.487 e. The van der Waals surface area contributed by atoms with Crippen LogP contribution in [0.1, 0.15) is 51.9 Å². The molecule has 0 aromatic carbocycles.